The van der Waals surface area contributed by atoms with E-state index in [4.69, 9.17) is 11.5 Å². The van der Waals surface area contributed by atoms with Crippen molar-refractivity contribution in [1.82, 2.24) is 0 Å². The number of rotatable bonds is 2. The molecular formula is C10H14Br2N2. The van der Waals surface area contributed by atoms with Crippen molar-refractivity contribution in [2.24, 2.45) is 11.7 Å². The van der Waals surface area contributed by atoms with Crippen LogP contribution < -0.4 is 11.5 Å². The third kappa shape index (κ3) is 2.49. The lowest BCUT2D eigenvalue weighted by Gasteiger charge is -2.17. The standard InChI is InChI=1S/C10H14Br2N2/c1-5(2)9(13)6-3-7(11)10(14)8(12)4-6/h3-5,9H,13-14H2,1-2H3/t9-/m1/s1. The Bertz CT molecular complexity index is 314. The molecule has 1 aromatic carbocycles. The predicted molar refractivity (Wildman–Crippen MR) is 68.0 cm³/mol. The average molecular weight is 322 g/mol. The highest BCUT2D eigenvalue weighted by molar-refractivity contribution is 9.11. The molecule has 4 N–H and O–H groups in total. The molecule has 0 saturated heterocycles. The van der Waals surface area contributed by atoms with Crippen LogP contribution in [0.2, 0.25) is 0 Å². The Morgan fingerprint density at radius 2 is 1.57 bits per heavy atom. The molecule has 0 radical (unpaired) electrons. The summed E-state index contributed by atoms with van der Waals surface area (Å²) in [6.07, 6.45) is 0. The van der Waals surface area contributed by atoms with Crippen LogP contribution in [0.1, 0.15) is 25.5 Å². The van der Waals surface area contributed by atoms with Crippen molar-refractivity contribution in [3.05, 3.63) is 26.6 Å². The second kappa shape index (κ2) is 4.64. The summed E-state index contributed by atoms with van der Waals surface area (Å²) >= 11 is 6.81. The fourth-order valence-electron chi connectivity index (χ4n) is 1.18. The maximum Gasteiger partial charge on any atom is 0.0603 e. The molecule has 0 spiro atoms. The second-order valence-electron chi connectivity index (χ2n) is 3.67. The van der Waals surface area contributed by atoms with Crippen molar-refractivity contribution in [2.75, 3.05) is 5.73 Å². The second-order valence-corrected chi connectivity index (χ2v) is 5.38. The highest BCUT2D eigenvalue weighted by Crippen LogP contribution is 2.32. The monoisotopic (exact) mass is 320 g/mol. The Kier molecular flexibility index (Phi) is 3.98. The smallest absolute Gasteiger partial charge is 0.0603 e. The molecule has 4 heteroatoms. The van der Waals surface area contributed by atoms with Gasteiger partial charge in [0.05, 0.1) is 5.69 Å². The molecule has 0 aliphatic heterocycles. The molecule has 0 unspecified atom stereocenters. The van der Waals surface area contributed by atoms with Crippen LogP contribution in [-0.2, 0) is 0 Å². The molecule has 0 heterocycles. The van der Waals surface area contributed by atoms with Crippen LogP contribution >= 0.6 is 31.9 Å². The normalized spacial score (nSPS) is 13.3. The van der Waals surface area contributed by atoms with Gasteiger partial charge in [-0.2, -0.15) is 0 Å². The molecule has 0 saturated carbocycles. The third-order valence-electron chi connectivity index (χ3n) is 2.20. The third-order valence-corrected chi connectivity index (χ3v) is 3.52. The SMILES string of the molecule is CC(C)[C@@H](N)c1cc(Br)c(N)c(Br)c1. The van der Waals surface area contributed by atoms with Crippen molar-refractivity contribution in [3.8, 4) is 0 Å². The van der Waals surface area contributed by atoms with Crippen molar-refractivity contribution < 1.29 is 0 Å². The van der Waals surface area contributed by atoms with Gasteiger partial charge in [0.25, 0.3) is 0 Å². The van der Waals surface area contributed by atoms with Gasteiger partial charge in [0.1, 0.15) is 0 Å². The molecule has 2 nitrogen and oxygen atoms in total. The van der Waals surface area contributed by atoms with E-state index in [1.165, 1.54) is 0 Å². The van der Waals surface area contributed by atoms with Crippen LogP contribution in [0.15, 0.2) is 21.1 Å². The lowest BCUT2D eigenvalue weighted by molar-refractivity contribution is 0.514. The van der Waals surface area contributed by atoms with E-state index in [0.717, 1.165) is 14.5 Å². The minimum absolute atomic E-state index is 0.0446. The van der Waals surface area contributed by atoms with Crippen LogP contribution in [0.25, 0.3) is 0 Å². The van der Waals surface area contributed by atoms with Crippen molar-refractivity contribution in [1.29, 1.82) is 0 Å². The maximum atomic E-state index is 6.04. The molecule has 0 fully saturated rings. The first kappa shape index (κ1) is 12.0. The van der Waals surface area contributed by atoms with Crippen LogP contribution in [0, 0.1) is 5.92 Å². The number of hydrogen-bond donors (Lipinski definition) is 2. The van der Waals surface area contributed by atoms with Gasteiger partial charge in [-0.05, 0) is 55.5 Å². The summed E-state index contributed by atoms with van der Waals surface area (Å²) in [4.78, 5) is 0. The zero-order valence-electron chi connectivity index (χ0n) is 8.22. The quantitative estimate of drug-likeness (QED) is 0.820. The Morgan fingerprint density at radius 3 is 1.93 bits per heavy atom. The number of nitrogens with two attached hydrogens (primary N) is 2. The lowest BCUT2D eigenvalue weighted by atomic mass is 9.97. The average Bonchev–Trinajstić information content (AvgIpc) is 2.12. The van der Waals surface area contributed by atoms with Gasteiger partial charge in [-0.15, -0.1) is 0 Å². The lowest BCUT2D eigenvalue weighted by Crippen LogP contribution is -2.16. The van der Waals surface area contributed by atoms with Gasteiger partial charge in [-0.25, -0.2) is 0 Å². The molecule has 0 aliphatic rings. The van der Waals surface area contributed by atoms with Gasteiger partial charge in [0.2, 0.25) is 0 Å². The molecule has 0 aliphatic carbocycles. The Morgan fingerprint density at radius 1 is 1.14 bits per heavy atom. The Labute approximate surface area is 101 Å². The van der Waals surface area contributed by atoms with E-state index >= 15 is 0 Å². The van der Waals surface area contributed by atoms with E-state index in [1.54, 1.807) is 0 Å². The molecule has 14 heavy (non-hydrogen) atoms. The summed E-state index contributed by atoms with van der Waals surface area (Å²) in [7, 11) is 0. The van der Waals surface area contributed by atoms with E-state index in [2.05, 4.69) is 45.7 Å². The van der Waals surface area contributed by atoms with Crippen molar-refractivity contribution >= 4 is 37.5 Å². The number of benzene rings is 1. The summed E-state index contributed by atoms with van der Waals surface area (Å²) in [5.41, 5.74) is 13.6. The van der Waals surface area contributed by atoms with E-state index in [-0.39, 0.29) is 6.04 Å². The first-order valence-electron chi connectivity index (χ1n) is 4.43. The maximum absolute atomic E-state index is 6.04. The van der Waals surface area contributed by atoms with Gasteiger partial charge >= 0.3 is 0 Å². The van der Waals surface area contributed by atoms with Crippen molar-refractivity contribution in [2.45, 2.75) is 19.9 Å². The highest BCUT2D eigenvalue weighted by atomic mass is 79.9. The number of halogens is 2. The van der Waals surface area contributed by atoms with Crippen LogP contribution in [-0.4, -0.2) is 0 Å². The number of anilines is 1. The van der Waals surface area contributed by atoms with Gasteiger partial charge in [0.15, 0.2) is 0 Å². The van der Waals surface area contributed by atoms with E-state index < -0.39 is 0 Å². The van der Waals surface area contributed by atoms with Gasteiger partial charge in [0, 0.05) is 15.0 Å². The topological polar surface area (TPSA) is 52.0 Å². The minimum Gasteiger partial charge on any atom is -0.397 e. The van der Waals surface area contributed by atoms with E-state index in [1.807, 2.05) is 12.1 Å². The summed E-state index contributed by atoms with van der Waals surface area (Å²) in [6, 6.07) is 4.00. The van der Waals surface area contributed by atoms with Crippen LogP contribution in [0.3, 0.4) is 0 Å². The molecule has 78 valence electrons. The van der Waals surface area contributed by atoms with Gasteiger partial charge in [-0.3, -0.25) is 0 Å². The van der Waals surface area contributed by atoms with Crippen LogP contribution in [0.4, 0.5) is 5.69 Å². The first-order valence-corrected chi connectivity index (χ1v) is 6.02. The highest BCUT2D eigenvalue weighted by Gasteiger charge is 2.13. The number of hydrogen-bond acceptors (Lipinski definition) is 2. The first-order chi connectivity index (χ1) is 6.43. The minimum atomic E-state index is 0.0446. The fourth-order valence-corrected chi connectivity index (χ4v) is 2.40. The molecule has 0 amide bonds. The molecule has 1 atom stereocenters. The predicted octanol–water partition coefficient (Wildman–Crippen LogP) is 3.45. The molecule has 1 aromatic rings. The molecule has 0 bridgehead atoms. The Balaban J connectivity index is 3.12. The summed E-state index contributed by atoms with van der Waals surface area (Å²) < 4.78 is 1.77. The Hall–Kier alpha value is -0.0600. The van der Waals surface area contributed by atoms with E-state index in [9.17, 15) is 0 Å². The molecular weight excluding hydrogens is 308 g/mol. The molecule has 0 aromatic heterocycles. The summed E-state index contributed by atoms with van der Waals surface area (Å²) in [5, 5.41) is 0. The zero-order valence-corrected chi connectivity index (χ0v) is 11.4. The summed E-state index contributed by atoms with van der Waals surface area (Å²) in [5.74, 6) is 0.414. The van der Waals surface area contributed by atoms with Gasteiger partial charge < -0.3 is 11.5 Å². The molecule has 1 rings (SSSR count). The number of nitrogen functional groups attached to an aromatic ring is 1. The van der Waals surface area contributed by atoms with E-state index in [0.29, 0.717) is 11.6 Å². The van der Waals surface area contributed by atoms with Crippen molar-refractivity contribution in [3.63, 3.8) is 0 Å². The largest absolute Gasteiger partial charge is 0.397 e. The zero-order chi connectivity index (χ0) is 10.9. The van der Waals surface area contributed by atoms with Crippen LogP contribution in [0.5, 0.6) is 0 Å². The summed E-state index contributed by atoms with van der Waals surface area (Å²) in [6.45, 7) is 4.20. The fraction of sp³-hybridized carbons (Fsp3) is 0.400. The van der Waals surface area contributed by atoms with Gasteiger partial charge in [-0.1, -0.05) is 13.8 Å².